The predicted molar refractivity (Wildman–Crippen MR) is 104 cm³/mol. The number of nitrogens with one attached hydrogen (secondary N) is 2. The first kappa shape index (κ1) is 17.0. The maximum absolute atomic E-state index is 4.60. The molecule has 0 atom stereocenters. The van der Waals surface area contributed by atoms with Crippen LogP contribution < -0.4 is 10.6 Å². The lowest BCUT2D eigenvalue weighted by Crippen LogP contribution is -2.36. The minimum absolute atomic E-state index is 0.670. The van der Waals surface area contributed by atoms with E-state index in [1.54, 1.807) is 0 Å². The normalized spacial score (nSPS) is 10.6. The molecule has 25 heavy (non-hydrogen) atoms. The van der Waals surface area contributed by atoms with Crippen molar-refractivity contribution in [2.24, 2.45) is 4.99 Å². The van der Waals surface area contributed by atoms with Crippen LogP contribution in [-0.2, 0) is 13.1 Å². The predicted octanol–water partition coefficient (Wildman–Crippen LogP) is 3.16. The van der Waals surface area contributed by atoms with E-state index in [9.17, 15) is 0 Å². The molecule has 0 spiro atoms. The van der Waals surface area contributed by atoms with Gasteiger partial charge < -0.3 is 15.2 Å². The molecule has 5 heteroatoms. The van der Waals surface area contributed by atoms with Gasteiger partial charge in [0.05, 0.1) is 23.9 Å². The lowest BCUT2D eigenvalue weighted by Gasteiger charge is -2.09. The molecule has 0 aliphatic carbocycles. The molecule has 0 bridgehead atoms. The molecule has 0 fully saturated rings. The van der Waals surface area contributed by atoms with Gasteiger partial charge in [0.15, 0.2) is 5.96 Å². The van der Waals surface area contributed by atoms with Crippen molar-refractivity contribution >= 4 is 17.0 Å². The molecule has 130 valence electrons. The van der Waals surface area contributed by atoms with Gasteiger partial charge in [-0.1, -0.05) is 36.4 Å². The van der Waals surface area contributed by atoms with Gasteiger partial charge in [-0.2, -0.15) is 0 Å². The first-order chi connectivity index (χ1) is 12.3. The Morgan fingerprint density at radius 2 is 1.64 bits per heavy atom. The lowest BCUT2D eigenvalue weighted by atomic mass is 10.1. The fourth-order valence-corrected chi connectivity index (χ4v) is 2.76. The highest BCUT2D eigenvalue weighted by Crippen LogP contribution is 2.14. The summed E-state index contributed by atoms with van der Waals surface area (Å²) >= 11 is 0. The van der Waals surface area contributed by atoms with Crippen LogP contribution in [0.4, 0.5) is 0 Å². The fraction of sp³-hybridized carbons (Fsp3) is 0.300. The van der Waals surface area contributed by atoms with Crippen LogP contribution >= 0.6 is 0 Å². The van der Waals surface area contributed by atoms with E-state index >= 15 is 0 Å². The third-order valence-electron chi connectivity index (χ3n) is 4.01. The Balaban J connectivity index is 1.67. The topological polar surface area (TPSA) is 54.2 Å². The monoisotopic (exact) mass is 335 g/mol. The second-order valence-corrected chi connectivity index (χ2v) is 5.90. The molecule has 0 amide bonds. The average molecular weight is 335 g/mol. The highest BCUT2D eigenvalue weighted by Gasteiger charge is 2.03. The number of fused-ring (bicyclic) bond motifs is 1. The second-order valence-electron chi connectivity index (χ2n) is 5.90. The van der Waals surface area contributed by atoms with Crippen LogP contribution in [0.25, 0.3) is 11.0 Å². The SMILES string of the molecule is CCNC(=NCc1ccc(Cn2cnc3ccccc32)cc1)NCC. The van der Waals surface area contributed by atoms with Crippen LogP contribution in [0.1, 0.15) is 25.0 Å². The summed E-state index contributed by atoms with van der Waals surface area (Å²) in [7, 11) is 0. The summed E-state index contributed by atoms with van der Waals surface area (Å²) in [6.07, 6.45) is 1.90. The number of guanidine groups is 1. The van der Waals surface area contributed by atoms with Crippen LogP contribution in [0, 0.1) is 0 Å². The Morgan fingerprint density at radius 1 is 0.960 bits per heavy atom. The van der Waals surface area contributed by atoms with Crippen molar-refractivity contribution in [3.8, 4) is 0 Å². The van der Waals surface area contributed by atoms with Gasteiger partial charge in [0.25, 0.3) is 0 Å². The number of nitrogens with zero attached hydrogens (tertiary/aromatic N) is 3. The number of benzene rings is 2. The zero-order chi connectivity index (χ0) is 17.5. The first-order valence-electron chi connectivity index (χ1n) is 8.80. The third kappa shape index (κ3) is 4.38. The van der Waals surface area contributed by atoms with Crippen molar-refractivity contribution in [2.45, 2.75) is 26.9 Å². The third-order valence-corrected chi connectivity index (χ3v) is 4.01. The van der Waals surface area contributed by atoms with E-state index < -0.39 is 0 Å². The Labute approximate surface area is 148 Å². The number of para-hydroxylation sites is 2. The molecule has 0 radical (unpaired) electrons. The summed E-state index contributed by atoms with van der Waals surface area (Å²) in [5, 5.41) is 6.48. The largest absolute Gasteiger partial charge is 0.357 e. The van der Waals surface area contributed by atoms with E-state index in [1.165, 1.54) is 11.1 Å². The zero-order valence-electron chi connectivity index (χ0n) is 14.9. The van der Waals surface area contributed by atoms with Crippen molar-refractivity contribution < 1.29 is 0 Å². The van der Waals surface area contributed by atoms with Crippen molar-refractivity contribution in [3.63, 3.8) is 0 Å². The lowest BCUT2D eigenvalue weighted by molar-refractivity contribution is 0.822. The van der Waals surface area contributed by atoms with E-state index in [1.807, 2.05) is 24.5 Å². The molecule has 3 aromatic rings. The van der Waals surface area contributed by atoms with E-state index in [-0.39, 0.29) is 0 Å². The summed E-state index contributed by atoms with van der Waals surface area (Å²) in [5.41, 5.74) is 4.66. The number of aromatic nitrogens is 2. The van der Waals surface area contributed by atoms with Gasteiger partial charge in [0, 0.05) is 19.6 Å². The van der Waals surface area contributed by atoms with Crippen LogP contribution in [-0.4, -0.2) is 28.6 Å². The Kier molecular flexibility index (Phi) is 5.67. The Hall–Kier alpha value is -2.82. The molecular formula is C20H25N5. The molecule has 0 unspecified atom stereocenters. The molecule has 3 rings (SSSR count). The van der Waals surface area contributed by atoms with Gasteiger partial charge in [-0.15, -0.1) is 0 Å². The minimum atomic E-state index is 0.670. The van der Waals surface area contributed by atoms with Crippen LogP contribution in [0.2, 0.25) is 0 Å². The van der Waals surface area contributed by atoms with Crippen LogP contribution in [0.15, 0.2) is 59.9 Å². The highest BCUT2D eigenvalue weighted by atomic mass is 15.2. The molecule has 0 saturated carbocycles. The number of hydrogen-bond acceptors (Lipinski definition) is 2. The summed E-state index contributed by atoms with van der Waals surface area (Å²) in [6.45, 7) is 7.36. The van der Waals surface area contributed by atoms with Crippen LogP contribution in [0.5, 0.6) is 0 Å². The molecule has 0 aliphatic heterocycles. The van der Waals surface area contributed by atoms with Crippen molar-refractivity contribution in [2.75, 3.05) is 13.1 Å². The number of imidazole rings is 1. The van der Waals surface area contributed by atoms with Gasteiger partial charge in [-0.05, 0) is 37.1 Å². The quantitative estimate of drug-likeness (QED) is 0.537. The second kappa shape index (κ2) is 8.33. The van der Waals surface area contributed by atoms with Crippen molar-refractivity contribution in [3.05, 3.63) is 66.0 Å². The first-order valence-corrected chi connectivity index (χ1v) is 8.80. The molecular weight excluding hydrogens is 310 g/mol. The van der Waals surface area contributed by atoms with Gasteiger partial charge in [0.1, 0.15) is 0 Å². The maximum Gasteiger partial charge on any atom is 0.191 e. The average Bonchev–Trinajstić information content (AvgIpc) is 3.04. The molecule has 2 aromatic carbocycles. The smallest absolute Gasteiger partial charge is 0.191 e. The number of hydrogen-bond donors (Lipinski definition) is 2. The molecule has 2 N–H and O–H groups in total. The van der Waals surface area contributed by atoms with E-state index in [2.05, 4.69) is 69.4 Å². The molecule has 0 aliphatic rings. The zero-order valence-corrected chi connectivity index (χ0v) is 14.9. The van der Waals surface area contributed by atoms with Crippen molar-refractivity contribution in [1.82, 2.24) is 20.2 Å². The number of rotatable bonds is 6. The Bertz CT molecular complexity index is 825. The van der Waals surface area contributed by atoms with Gasteiger partial charge >= 0.3 is 0 Å². The van der Waals surface area contributed by atoms with Gasteiger partial charge in [-0.25, -0.2) is 9.98 Å². The highest BCUT2D eigenvalue weighted by molar-refractivity contribution is 5.79. The van der Waals surface area contributed by atoms with Gasteiger partial charge in [0.2, 0.25) is 0 Å². The molecule has 0 saturated heterocycles. The fourth-order valence-electron chi connectivity index (χ4n) is 2.76. The maximum atomic E-state index is 4.60. The summed E-state index contributed by atoms with van der Waals surface area (Å²) in [4.78, 5) is 9.05. The molecule has 1 heterocycles. The van der Waals surface area contributed by atoms with Crippen LogP contribution in [0.3, 0.4) is 0 Å². The summed E-state index contributed by atoms with van der Waals surface area (Å²) < 4.78 is 2.18. The number of aliphatic imine (C=N–C) groups is 1. The Morgan fingerprint density at radius 3 is 2.36 bits per heavy atom. The van der Waals surface area contributed by atoms with E-state index in [4.69, 9.17) is 0 Å². The molecule has 1 aromatic heterocycles. The molecule has 5 nitrogen and oxygen atoms in total. The standard InChI is InChI=1S/C20H25N5/c1-3-21-20(22-4-2)23-13-16-9-11-17(12-10-16)14-25-15-24-18-7-5-6-8-19(18)25/h5-12,15H,3-4,13-14H2,1-2H3,(H2,21,22,23). The van der Waals surface area contributed by atoms with Gasteiger partial charge in [-0.3, -0.25) is 0 Å². The van der Waals surface area contributed by atoms with Crippen molar-refractivity contribution in [1.29, 1.82) is 0 Å². The summed E-state index contributed by atoms with van der Waals surface area (Å²) in [6, 6.07) is 16.8. The minimum Gasteiger partial charge on any atom is -0.357 e. The van der Waals surface area contributed by atoms with E-state index in [0.29, 0.717) is 6.54 Å². The summed E-state index contributed by atoms with van der Waals surface area (Å²) in [5.74, 6) is 0.860. The van der Waals surface area contributed by atoms with E-state index in [0.717, 1.165) is 36.6 Å².